The van der Waals surface area contributed by atoms with Crippen LogP contribution >= 0.6 is 0 Å². The van der Waals surface area contributed by atoms with E-state index in [4.69, 9.17) is 4.74 Å². The molecular formula is C28H28N2O4. The van der Waals surface area contributed by atoms with Gasteiger partial charge in [-0.3, -0.25) is 19.7 Å². The fourth-order valence-electron chi connectivity index (χ4n) is 4.34. The number of hydrogen-bond acceptors (Lipinski definition) is 4. The van der Waals surface area contributed by atoms with E-state index in [0.717, 1.165) is 11.1 Å². The van der Waals surface area contributed by atoms with Gasteiger partial charge in [0.05, 0.1) is 5.41 Å². The van der Waals surface area contributed by atoms with Gasteiger partial charge in [-0.05, 0) is 61.2 Å². The number of carbonyl (C=O) groups is 3. The predicted molar refractivity (Wildman–Crippen MR) is 131 cm³/mol. The fourth-order valence-corrected chi connectivity index (χ4v) is 4.34. The molecule has 3 aromatic carbocycles. The van der Waals surface area contributed by atoms with E-state index >= 15 is 0 Å². The second kappa shape index (κ2) is 9.91. The minimum absolute atomic E-state index is 0.233. The van der Waals surface area contributed by atoms with Gasteiger partial charge in [0.15, 0.2) is 0 Å². The average molecular weight is 457 g/mol. The summed E-state index contributed by atoms with van der Waals surface area (Å²) >= 11 is 0. The Morgan fingerprint density at radius 2 is 1.79 bits per heavy atom. The highest BCUT2D eigenvalue weighted by atomic mass is 16.5. The topological polar surface area (TPSA) is 84.5 Å². The summed E-state index contributed by atoms with van der Waals surface area (Å²) in [4.78, 5) is 37.0. The van der Waals surface area contributed by atoms with Gasteiger partial charge in [0.25, 0.3) is 5.91 Å². The second-order valence-electron chi connectivity index (χ2n) is 8.65. The SMILES string of the molecule is CCC1(c2ccc(NC(=O)c3cccc(OCc4cccc(C)c4)c3)cc2)CCC(=O)NC1=O. The van der Waals surface area contributed by atoms with Crippen LogP contribution in [0.2, 0.25) is 0 Å². The highest BCUT2D eigenvalue weighted by molar-refractivity contribution is 6.05. The van der Waals surface area contributed by atoms with Gasteiger partial charge < -0.3 is 10.1 Å². The van der Waals surface area contributed by atoms with Gasteiger partial charge in [0, 0.05) is 17.7 Å². The maximum absolute atomic E-state index is 12.8. The summed E-state index contributed by atoms with van der Waals surface area (Å²) in [5.74, 6) is -0.124. The maximum atomic E-state index is 12.8. The molecule has 34 heavy (non-hydrogen) atoms. The predicted octanol–water partition coefficient (Wildman–Crippen LogP) is 4.91. The molecule has 0 saturated carbocycles. The van der Waals surface area contributed by atoms with E-state index in [9.17, 15) is 14.4 Å². The molecule has 0 spiro atoms. The summed E-state index contributed by atoms with van der Waals surface area (Å²) in [6, 6.07) is 22.4. The molecule has 1 atom stereocenters. The molecule has 1 unspecified atom stereocenters. The number of nitrogens with one attached hydrogen (secondary N) is 2. The first-order valence-corrected chi connectivity index (χ1v) is 11.4. The summed E-state index contributed by atoms with van der Waals surface area (Å²) in [6.45, 7) is 4.40. The molecule has 1 aliphatic heterocycles. The standard InChI is InChI=1S/C28H28N2O4/c1-3-28(15-14-25(31)30-27(28)33)22-10-12-23(13-11-22)29-26(32)21-8-5-9-24(17-21)34-18-20-7-4-6-19(2)16-20/h4-13,16-17H,3,14-15,18H2,1-2H3,(H,29,32)(H,30,31,33). The minimum Gasteiger partial charge on any atom is -0.489 e. The number of imide groups is 1. The number of aryl methyl sites for hydroxylation is 1. The van der Waals surface area contributed by atoms with E-state index in [1.807, 2.05) is 50.2 Å². The first-order chi connectivity index (χ1) is 16.4. The van der Waals surface area contributed by atoms with Gasteiger partial charge in [0.2, 0.25) is 11.8 Å². The van der Waals surface area contributed by atoms with Crippen LogP contribution in [0, 0.1) is 6.92 Å². The maximum Gasteiger partial charge on any atom is 0.255 e. The molecule has 2 N–H and O–H groups in total. The largest absolute Gasteiger partial charge is 0.489 e. The normalized spacial score (nSPS) is 17.7. The Morgan fingerprint density at radius 1 is 1.03 bits per heavy atom. The lowest BCUT2D eigenvalue weighted by molar-refractivity contribution is -0.138. The van der Waals surface area contributed by atoms with Gasteiger partial charge in [-0.15, -0.1) is 0 Å². The summed E-state index contributed by atoms with van der Waals surface area (Å²) in [7, 11) is 0. The van der Waals surface area contributed by atoms with Crippen LogP contribution in [-0.4, -0.2) is 17.7 Å². The smallest absolute Gasteiger partial charge is 0.255 e. The highest BCUT2D eigenvalue weighted by Gasteiger charge is 2.42. The molecule has 3 aromatic rings. The Kier molecular flexibility index (Phi) is 6.77. The van der Waals surface area contributed by atoms with Gasteiger partial charge in [0.1, 0.15) is 12.4 Å². The summed E-state index contributed by atoms with van der Waals surface area (Å²) in [6.07, 6.45) is 1.39. The molecule has 1 fully saturated rings. The molecule has 6 nitrogen and oxygen atoms in total. The average Bonchev–Trinajstić information content (AvgIpc) is 2.84. The lowest BCUT2D eigenvalue weighted by atomic mass is 9.72. The van der Waals surface area contributed by atoms with E-state index < -0.39 is 5.41 Å². The number of carbonyl (C=O) groups excluding carboxylic acids is 3. The molecule has 0 aliphatic carbocycles. The monoisotopic (exact) mass is 456 g/mol. The van der Waals surface area contributed by atoms with Gasteiger partial charge in [-0.2, -0.15) is 0 Å². The van der Waals surface area contributed by atoms with Crippen molar-refractivity contribution in [3.63, 3.8) is 0 Å². The zero-order valence-corrected chi connectivity index (χ0v) is 19.4. The number of ether oxygens (including phenoxy) is 1. The van der Waals surface area contributed by atoms with E-state index in [0.29, 0.717) is 42.9 Å². The van der Waals surface area contributed by atoms with Crippen LogP contribution in [0.5, 0.6) is 5.75 Å². The molecule has 0 aromatic heterocycles. The number of anilines is 1. The Labute approximate surface area is 199 Å². The van der Waals surface area contributed by atoms with E-state index in [1.165, 1.54) is 5.56 Å². The number of hydrogen-bond donors (Lipinski definition) is 2. The van der Waals surface area contributed by atoms with Crippen molar-refractivity contribution in [3.05, 3.63) is 95.1 Å². The lowest BCUT2D eigenvalue weighted by Crippen LogP contribution is -2.51. The third kappa shape index (κ3) is 5.01. The first kappa shape index (κ1) is 23.2. The number of benzene rings is 3. The molecular weight excluding hydrogens is 428 g/mol. The van der Waals surface area contributed by atoms with Crippen LogP contribution in [0.3, 0.4) is 0 Å². The first-order valence-electron chi connectivity index (χ1n) is 11.4. The zero-order chi connectivity index (χ0) is 24.1. The van der Waals surface area contributed by atoms with Crippen molar-refractivity contribution in [2.75, 3.05) is 5.32 Å². The van der Waals surface area contributed by atoms with Crippen LogP contribution in [0.4, 0.5) is 5.69 Å². The number of amides is 3. The fraction of sp³-hybridized carbons (Fsp3) is 0.250. The molecule has 174 valence electrons. The van der Waals surface area contributed by atoms with Gasteiger partial charge in [-0.25, -0.2) is 0 Å². The van der Waals surface area contributed by atoms with Crippen LogP contribution in [0.25, 0.3) is 0 Å². The molecule has 3 amide bonds. The van der Waals surface area contributed by atoms with Crippen LogP contribution in [0.15, 0.2) is 72.8 Å². The second-order valence-corrected chi connectivity index (χ2v) is 8.65. The van der Waals surface area contributed by atoms with Crippen LogP contribution in [0.1, 0.15) is 53.2 Å². The van der Waals surface area contributed by atoms with E-state index in [-0.39, 0.29) is 17.7 Å². The Bertz CT molecular complexity index is 1220. The summed E-state index contributed by atoms with van der Waals surface area (Å²) < 4.78 is 5.87. The van der Waals surface area contributed by atoms with Crippen molar-refractivity contribution in [2.24, 2.45) is 0 Å². The molecule has 0 bridgehead atoms. The van der Waals surface area contributed by atoms with Crippen molar-refractivity contribution in [1.29, 1.82) is 0 Å². The molecule has 1 saturated heterocycles. The number of piperidine rings is 1. The molecule has 1 aliphatic rings. The van der Waals surface area contributed by atoms with E-state index in [1.54, 1.807) is 30.3 Å². The molecule has 1 heterocycles. The Morgan fingerprint density at radius 3 is 2.50 bits per heavy atom. The molecule has 0 radical (unpaired) electrons. The van der Waals surface area contributed by atoms with Crippen molar-refractivity contribution in [1.82, 2.24) is 5.32 Å². The minimum atomic E-state index is -0.723. The summed E-state index contributed by atoms with van der Waals surface area (Å²) in [5.41, 5.74) is 3.46. The Balaban J connectivity index is 1.42. The Hall–Kier alpha value is -3.93. The molecule has 4 rings (SSSR count). The van der Waals surface area contributed by atoms with E-state index in [2.05, 4.69) is 16.7 Å². The van der Waals surface area contributed by atoms with Crippen molar-refractivity contribution in [2.45, 2.75) is 45.1 Å². The zero-order valence-electron chi connectivity index (χ0n) is 19.4. The summed E-state index contributed by atoms with van der Waals surface area (Å²) in [5, 5.41) is 5.35. The van der Waals surface area contributed by atoms with Crippen molar-refractivity contribution >= 4 is 23.4 Å². The molecule has 6 heteroatoms. The third-order valence-electron chi connectivity index (χ3n) is 6.35. The van der Waals surface area contributed by atoms with Crippen LogP contribution < -0.4 is 15.4 Å². The van der Waals surface area contributed by atoms with Gasteiger partial charge in [-0.1, -0.05) is 55.0 Å². The third-order valence-corrected chi connectivity index (χ3v) is 6.35. The highest BCUT2D eigenvalue weighted by Crippen LogP contribution is 2.36. The lowest BCUT2D eigenvalue weighted by Gasteiger charge is -2.35. The van der Waals surface area contributed by atoms with Crippen LogP contribution in [-0.2, 0) is 21.6 Å². The van der Waals surface area contributed by atoms with Gasteiger partial charge >= 0.3 is 0 Å². The quantitative estimate of drug-likeness (QED) is 0.495. The van der Waals surface area contributed by atoms with Crippen molar-refractivity contribution < 1.29 is 19.1 Å². The number of rotatable bonds is 7. The van der Waals surface area contributed by atoms with Crippen molar-refractivity contribution in [3.8, 4) is 5.75 Å².